The quantitative estimate of drug-likeness (QED) is 0.724. The Balaban J connectivity index is 2.06. The van der Waals surface area contributed by atoms with E-state index in [9.17, 15) is 17.6 Å². The highest BCUT2D eigenvalue weighted by Crippen LogP contribution is 2.40. The van der Waals surface area contributed by atoms with E-state index in [1.807, 2.05) is 0 Å². The Morgan fingerprint density at radius 1 is 1.28 bits per heavy atom. The lowest BCUT2D eigenvalue weighted by Crippen LogP contribution is -2.39. The third-order valence-electron chi connectivity index (χ3n) is 3.50. The van der Waals surface area contributed by atoms with Crippen LogP contribution in [-0.2, 0) is 17.3 Å². The first-order valence-electron chi connectivity index (χ1n) is 5.72. The molecule has 1 fully saturated rings. The average molecular weight is 261 g/mol. The molecule has 2 nitrogen and oxygen atoms in total. The second-order valence-corrected chi connectivity index (χ2v) is 4.54. The largest absolute Gasteiger partial charge is 0.419 e. The molecule has 3 rings (SSSR count). The van der Waals surface area contributed by atoms with Crippen LogP contribution in [0.15, 0.2) is 12.1 Å². The van der Waals surface area contributed by atoms with Crippen molar-refractivity contribution < 1.29 is 22.3 Å². The molecule has 0 saturated carbocycles. The highest BCUT2D eigenvalue weighted by atomic mass is 19.4. The van der Waals surface area contributed by atoms with Gasteiger partial charge in [-0.15, -0.1) is 0 Å². The van der Waals surface area contributed by atoms with Crippen molar-refractivity contribution in [3.63, 3.8) is 0 Å². The van der Waals surface area contributed by atoms with Crippen molar-refractivity contribution in [3.05, 3.63) is 34.6 Å². The van der Waals surface area contributed by atoms with Crippen LogP contribution in [0.1, 0.15) is 22.7 Å². The van der Waals surface area contributed by atoms with Gasteiger partial charge >= 0.3 is 6.18 Å². The maximum Gasteiger partial charge on any atom is 0.419 e. The number of hydrogen-bond donors (Lipinski definition) is 1. The van der Waals surface area contributed by atoms with E-state index < -0.39 is 17.6 Å². The zero-order valence-electron chi connectivity index (χ0n) is 9.35. The SMILES string of the molecule is Fc1c(C(F)(F)F)ccc2c1CC1OCCNC21. The van der Waals surface area contributed by atoms with E-state index in [0.29, 0.717) is 18.7 Å². The molecule has 1 saturated heterocycles. The van der Waals surface area contributed by atoms with Crippen molar-refractivity contribution in [2.24, 2.45) is 0 Å². The monoisotopic (exact) mass is 261 g/mol. The van der Waals surface area contributed by atoms with E-state index >= 15 is 0 Å². The molecular weight excluding hydrogens is 250 g/mol. The minimum Gasteiger partial charge on any atom is -0.375 e. The van der Waals surface area contributed by atoms with Crippen molar-refractivity contribution in [2.75, 3.05) is 13.2 Å². The first kappa shape index (κ1) is 11.9. The number of alkyl halides is 3. The molecule has 0 aromatic heterocycles. The maximum absolute atomic E-state index is 13.9. The van der Waals surface area contributed by atoms with E-state index in [-0.39, 0.29) is 24.1 Å². The van der Waals surface area contributed by atoms with Gasteiger partial charge in [-0.25, -0.2) is 4.39 Å². The van der Waals surface area contributed by atoms with Gasteiger partial charge in [-0.1, -0.05) is 6.07 Å². The van der Waals surface area contributed by atoms with Crippen LogP contribution in [0.4, 0.5) is 17.6 Å². The molecule has 2 unspecified atom stereocenters. The second-order valence-electron chi connectivity index (χ2n) is 4.54. The number of nitrogens with one attached hydrogen (secondary N) is 1. The Morgan fingerprint density at radius 2 is 2.06 bits per heavy atom. The van der Waals surface area contributed by atoms with Gasteiger partial charge < -0.3 is 10.1 Å². The zero-order valence-corrected chi connectivity index (χ0v) is 9.35. The molecular formula is C12H11F4NO. The Bertz CT molecular complexity index is 486. The van der Waals surface area contributed by atoms with Crippen LogP contribution >= 0.6 is 0 Å². The molecule has 1 heterocycles. The number of benzene rings is 1. The molecule has 98 valence electrons. The number of hydrogen-bond acceptors (Lipinski definition) is 2. The highest BCUT2D eigenvalue weighted by Gasteiger charge is 2.41. The van der Waals surface area contributed by atoms with Gasteiger partial charge in [-0.2, -0.15) is 13.2 Å². The van der Waals surface area contributed by atoms with Gasteiger partial charge in [0.25, 0.3) is 0 Å². The molecule has 2 atom stereocenters. The summed E-state index contributed by atoms with van der Waals surface area (Å²) >= 11 is 0. The van der Waals surface area contributed by atoms with Crippen molar-refractivity contribution in [1.29, 1.82) is 0 Å². The lowest BCUT2D eigenvalue weighted by Gasteiger charge is -2.27. The third-order valence-corrected chi connectivity index (χ3v) is 3.50. The van der Waals surface area contributed by atoms with Gasteiger partial charge in [0.05, 0.1) is 24.3 Å². The van der Waals surface area contributed by atoms with Crippen LogP contribution in [0.5, 0.6) is 0 Å². The van der Waals surface area contributed by atoms with Gasteiger partial charge in [0.1, 0.15) is 5.82 Å². The molecule has 18 heavy (non-hydrogen) atoms. The minimum atomic E-state index is -4.65. The van der Waals surface area contributed by atoms with E-state index in [1.165, 1.54) is 6.07 Å². The van der Waals surface area contributed by atoms with Crippen molar-refractivity contribution in [3.8, 4) is 0 Å². The summed E-state index contributed by atoms with van der Waals surface area (Å²) in [7, 11) is 0. The molecule has 0 radical (unpaired) electrons. The summed E-state index contributed by atoms with van der Waals surface area (Å²) in [6, 6.07) is 1.98. The van der Waals surface area contributed by atoms with Crippen molar-refractivity contribution in [1.82, 2.24) is 5.32 Å². The summed E-state index contributed by atoms with van der Waals surface area (Å²) in [5.41, 5.74) is -0.473. The Morgan fingerprint density at radius 3 is 2.78 bits per heavy atom. The molecule has 1 aromatic rings. The van der Waals surface area contributed by atoms with E-state index in [0.717, 1.165) is 6.07 Å². The van der Waals surface area contributed by atoms with Crippen LogP contribution in [-0.4, -0.2) is 19.3 Å². The lowest BCUT2D eigenvalue weighted by atomic mass is 10.0. The fraction of sp³-hybridized carbons (Fsp3) is 0.500. The average Bonchev–Trinajstić information content (AvgIpc) is 2.68. The van der Waals surface area contributed by atoms with Crippen molar-refractivity contribution in [2.45, 2.75) is 24.7 Å². The van der Waals surface area contributed by atoms with Crippen LogP contribution < -0.4 is 5.32 Å². The minimum absolute atomic E-state index is 0.134. The summed E-state index contributed by atoms with van der Waals surface area (Å²) in [6.45, 7) is 1.13. The molecule has 2 aliphatic rings. The normalized spacial score (nSPS) is 26.9. The number of fused-ring (bicyclic) bond motifs is 3. The van der Waals surface area contributed by atoms with Gasteiger partial charge in [0.2, 0.25) is 0 Å². The predicted molar refractivity (Wildman–Crippen MR) is 55.6 cm³/mol. The van der Waals surface area contributed by atoms with Gasteiger partial charge in [-0.05, 0) is 17.2 Å². The van der Waals surface area contributed by atoms with Crippen molar-refractivity contribution >= 4 is 0 Å². The summed E-state index contributed by atoms with van der Waals surface area (Å²) in [6.07, 6.45) is -4.71. The molecule has 1 aliphatic heterocycles. The number of ether oxygens (including phenoxy) is 1. The molecule has 6 heteroatoms. The summed E-state index contributed by atoms with van der Waals surface area (Å²) in [4.78, 5) is 0. The number of rotatable bonds is 0. The molecule has 1 N–H and O–H groups in total. The van der Waals surface area contributed by atoms with Crippen LogP contribution in [0.3, 0.4) is 0 Å². The van der Waals surface area contributed by atoms with Crippen LogP contribution in [0, 0.1) is 5.82 Å². The highest BCUT2D eigenvalue weighted by molar-refractivity contribution is 5.42. The van der Waals surface area contributed by atoms with E-state index in [1.54, 1.807) is 0 Å². The molecule has 1 aromatic carbocycles. The van der Waals surface area contributed by atoms with Gasteiger partial charge in [0.15, 0.2) is 0 Å². The summed E-state index contributed by atoms with van der Waals surface area (Å²) in [5, 5.41) is 3.15. The van der Waals surface area contributed by atoms with Crippen LogP contribution in [0.25, 0.3) is 0 Å². The Kier molecular flexibility index (Phi) is 2.60. The fourth-order valence-corrected chi connectivity index (χ4v) is 2.69. The maximum atomic E-state index is 13.9. The number of halogens is 4. The van der Waals surface area contributed by atoms with Gasteiger partial charge in [-0.3, -0.25) is 0 Å². The fourth-order valence-electron chi connectivity index (χ4n) is 2.69. The second kappa shape index (κ2) is 3.93. The standard InChI is InChI=1S/C12H11F4NO/c13-10-7-5-9-11(17-3-4-18-9)6(7)1-2-8(10)12(14,15)16/h1-2,9,11,17H,3-5H2. The number of morpholine rings is 1. The summed E-state index contributed by atoms with van der Waals surface area (Å²) in [5.74, 6) is -1.15. The summed E-state index contributed by atoms with van der Waals surface area (Å²) < 4.78 is 57.2. The van der Waals surface area contributed by atoms with Crippen LogP contribution in [0.2, 0.25) is 0 Å². The van der Waals surface area contributed by atoms with Gasteiger partial charge in [0, 0.05) is 13.0 Å². The molecule has 0 amide bonds. The molecule has 0 spiro atoms. The topological polar surface area (TPSA) is 21.3 Å². The third kappa shape index (κ3) is 1.71. The first-order valence-corrected chi connectivity index (χ1v) is 5.72. The smallest absolute Gasteiger partial charge is 0.375 e. The zero-order chi connectivity index (χ0) is 12.9. The Hall–Kier alpha value is -1.14. The molecule has 1 aliphatic carbocycles. The van der Waals surface area contributed by atoms with E-state index in [2.05, 4.69) is 5.32 Å². The lowest BCUT2D eigenvalue weighted by molar-refractivity contribution is -0.140. The van der Waals surface area contributed by atoms with E-state index in [4.69, 9.17) is 4.74 Å². The first-order chi connectivity index (χ1) is 8.48. The molecule has 0 bridgehead atoms. The predicted octanol–water partition coefficient (Wildman–Crippen LogP) is 2.43. The Labute approximate surface area is 101 Å².